The number of amides is 1. The number of carbonyl (C=O) groups excluding carboxylic acids is 2. The second kappa shape index (κ2) is 8.55. The zero-order chi connectivity index (χ0) is 21.5. The van der Waals surface area contributed by atoms with Crippen molar-refractivity contribution in [1.29, 1.82) is 0 Å². The fraction of sp³-hybridized carbons (Fsp3) is 0.800. The Hall–Kier alpha value is -1.13. The lowest BCUT2D eigenvalue weighted by molar-refractivity contribution is -0.909. The number of carbonyl (C=O) groups is 2. The van der Waals surface area contributed by atoms with Gasteiger partial charge in [-0.2, -0.15) is 0 Å². The Kier molecular flexibility index (Phi) is 6.65. The number of nitrogens with zero attached hydrogens (tertiary/aromatic N) is 2. The molecule has 29 heavy (non-hydrogen) atoms. The summed E-state index contributed by atoms with van der Waals surface area (Å²) in [5.41, 5.74) is -0.000143. The first-order chi connectivity index (χ1) is 13.6. The summed E-state index contributed by atoms with van der Waals surface area (Å²) in [6, 6.07) is 0.0836. The summed E-state index contributed by atoms with van der Waals surface area (Å²) in [6.45, 7) is 5.34. The van der Waals surface area contributed by atoms with E-state index in [1.165, 1.54) is 4.90 Å². The molecular weight excluding hydrogens is 394 g/mol. The van der Waals surface area contributed by atoms with Crippen LogP contribution in [0.2, 0.25) is 0 Å². The van der Waals surface area contributed by atoms with Gasteiger partial charge >= 0.3 is 0 Å². The Bertz CT molecular complexity index is 696. The van der Waals surface area contributed by atoms with E-state index in [-0.39, 0.29) is 35.5 Å². The van der Waals surface area contributed by atoms with Crippen LogP contribution in [0.15, 0.2) is 10.6 Å². The smallest absolute Gasteiger partial charge is 0.235 e. The maximum Gasteiger partial charge on any atom is 0.235 e. The van der Waals surface area contributed by atoms with Crippen molar-refractivity contribution >= 4 is 23.6 Å². The van der Waals surface area contributed by atoms with Crippen LogP contribution >= 0.6 is 11.8 Å². The molecule has 0 spiro atoms. The van der Waals surface area contributed by atoms with Crippen LogP contribution in [0.3, 0.4) is 0 Å². The standard InChI is InChI=1S/C20H33N3O5S/c1-11-16-15(12(2)25)19(26)22(16)17(20(27)28)18(11)29-14-8-13(21-9-14)6-5-7-23(3,4)10-24/h11-16,21,24-25H,5-10H2,1-4H3/t11-,12-,13+,14+,15-,16-/m1/s1. The molecule has 2 fully saturated rings. The van der Waals surface area contributed by atoms with Gasteiger partial charge in [-0.15, -0.1) is 11.8 Å². The van der Waals surface area contributed by atoms with Gasteiger partial charge in [-0.25, -0.2) is 0 Å². The number of aliphatic carboxylic acids is 1. The van der Waals surface area contributed by atoms with Gasteiger partial charge in [0.25, 0.3) is 0 Å². The van der Waals surface area contributed by atoms with E-state index in [2.05, 4.69) is 5.32 Å². The minimum Gasteiger partial charge on any atom is -0.543 e. The molecule has 3 aliphatic heterocycles. The quantitative estimate of drug-likeness (QED) is 0.248. The largest absolute Gasteiger partial charge is 0.543 e. The number of fused-ring (bicyclic) bond motifs is 1. The maximum atomic E-state index is 12.4. The van der Waals surface area contributed by atoms with Gasteiger partial charge < -0.3 is 34.8 Å². The van der Waals surface area contributed by atoms with E-state index in [0.29, 0.717) is 15.4 Å². The normalized spacial score (nSPS) is 33.1. The molecule has 0 radical (unpaired) electrons. The first kappa shape index (κ1) is 22.6. The first-order valence-electron chi connectivity index (χ1n) is 10.4. The zero-order valence-electron chi connectivity index (χ0n) is 17.6. The van der Waals surface area contributed by atoms with Crippen LogP contribution < -0.4 is 10.4 Å². The lowest BCUT2D eigenvalue weighted by Gasteiger charge is -2.47. The molecule has 0 unspecified atom stereocenters. The number of nitrogens with one attached hydrogen (secondary N) is 1. The van der Waals surface area contributed by atoms with E-state index in [9.17, 15) is 24.9 Å². The first-order valence-corrected chi connectivity index (χ1v) is 11.2. The van der Waals surface area contributed by atoms with E-state index in [1.807, 2.05) is 21.0 Å². The number of carboxylic acids is 1. The molecule has 3 heterocycles. The van der Waals surface area contributed by atoms with Crippen molar-refractivity contribution in [1.82, 2.24) is 10.2 Å². The van der Waals surface area contributed by atoms with Crippen LogP contribution in [-0.2, 0) is 9.59 Å². The monoisotopic (exact) mass is 427 g/mol. The SMILES string of the molecule is C[C@@H](O)[C@H]1C(=O)N2C(C(=O)[O-])=C(S[C@@H]3CN[C@@H](CCC[N+](C)(C)CO)C3)[C@H](C)[C@H]12. The number of thioether (sulfide) groups is 1. The molecular formula is C20H33N3O5S. The molecule has 0 aromatic carbocycles. The number of β-lactam (4-membered cyclic amide) rings is 1. The molecule has 0 saturated carbocycles. The molecule has 0 aromatic heterocycles. The maximum absolute atomic E-state index is 12.4. The Morgan fingerprint density at radius 1 is 1.45 bits per heavy atom. The van der Waals surface area contributed by atoms with Gasteiger partial charge in [-0.3, -0.25) is 4.79 Å². The van der Waals surface area contributed by atoms with Gasteiger partial charge in [0.15, 0.2) is 6.73 Å². The topological polar surface area (TPSA) is 113 Å². The number of hydrogen-bond donors (Lipinski definition) is 3. The Morgan fingerprint density at radius 3 is 2.72 bits per heavy atom. The molecule has 8 nitrogen and oxygen atoms in total. The third-order valence-corrected chi connectivity index (χ3v) is 7.99. The zero-order valence-corrected chi connectivity index (χ0v) is 18.4. The fourth-order valence-corrected chi connectivity index (χ4v) is 6.29. The van der Waals surface area contributed by atoms with E-state index in [0.717, 1.165) is 32.4 Å². The molecule has 9 heteroatoms. The van der Waals surface area contributed by atoms with Crippen LogP contribution in [-0.4, -0.2) is 88.8 Å². The van der Waals surface area contributed by atoms with Crippen LogP contribution in [0.4, 0.5) is 0 Å². The molecule has 164 valence electrons. The van der Waals surface area contributed by atoms with Crippen LogP contribution in [0.5, 0.6) is 0 Å². The molecule has 0 aliphatic carbocycles. The summed E-state index contributed by atoms with van der Waals surface area (Å²) in [5, 5.41) is 34.8. The third-order valence-electron chi connectivity index (χ3n) is 6.48. The average Bonchev–Trinajstić information content (AvgIpc) is 3.17. The van der Waals surface area contributed by atoms with Crippen molar-refractivity contribution in [2.75, 3.05) is 33.9 Å². The van der Waals surface area contributed by atoms with Gasteiger partial charge in [0, 0.05) is 28.7 Å². The predicted molar refractivity (Wildman–Crippen MR) is 108 cm³/mol. The second-order valence-corrected chi connectivity index (χ2v) is 10.6. The van der Waals surface area contributed by atoms with E-state index >= 15 is 0 Å². The number of aliphatic hydroxyl groups excluding tert-OH is 2. The molecule has 3 N–H and O–H groups in total. The van der Waals surface area contributed by atoms with Crippen LogP contribution in [0, 0.1) is 11.8 Å². The minimum absolute atomic E-state index is 0.000143. The van der Waals surface area contributed by atoms with Crippen molar-refractivity contribution in [2.45, 2.75) is 56.5 Å². The molecule has 0 bridgehead atoms. The van der Waals surface area contributed by atoms with Crippen LogP contribution in [0.1, 0.15) is 33.1 Å². The minimum atomic E-state index is -1.31. The lowest BCUT2D eigenvalue weighted by Crippen LogP contribution is -2.64. The third kappa shape index (κ3) is 4.34. The lowest BCUT2D eigenvalue weighted by atomic mass is 9.79. The van der Waals surface area contributed by atoms with E-state index < -0.39 is 18.0 Å². The highest BCUT2D eigenvalue weighted by atomic mass is 32.2. The summed E-state index contributed by atoms with van der Waals surface area (Å²) >= 11 is 1.55. The Balaban J connectivity index is 1.61. The highest BCUT2D eigenvalue weighted by molar-refractivity contribution is 8.03. The molecule has 0 aromatic rings. The van der Waals surface area contributed by atoms with Gasteiger partial charge in [-0.1, -0.05) is 6.92 Å². The number of quaternary nitrogens is 1. The molecule has 6 atom stereocenters. The Labute approximate surface area is 176 Å². The van der Waals surface area contributed by atoms with E-state index in [4.69, 9.17) is 0 Å². The molecule has 3 rings (SSSR count). The summed E-state index contributed by atoms with van der Waals surface area (Å²) in [5.74, 6) is -2.30. The molecule has 2 saturated heterocycles. The van der Waals surface area contributed by atoms with Crippen molar-refractivity contribution in [3.63, 3.8) is 0 Å². The van der Waals surface area contributed by atoms with Crippen molar-refractivity contribution in [2.24, 2.45) is 11.8 Å². The van der Waals surface area contributed by atoms with Crippen molar-refractivity contribution in [3.05, 3.63) is 10.6 Å². The highest BCUT2D eigenvalue weighted by Gasteiger charge is 2.58. The Morgan fingerprint density at radius 2 is 2.14 bits per heavy atom. The molecule has 3 aliphatic rings. The van der Waals surface area contributed by atoms with Gasteiger partial charge in [0.1, 0.15) is 0 Å². The number of carboxylic acid groups (broad SMARTS) is 1. The van der Waals surface area contributed by atoms with Crippen LogP contribution in [0.25, 0.3) is 0 Å². The average molecular weight is 428 g/mol. The number of hydrogen-bond acceptors (Lipinski definition) is 7. The summed E-state index contributed by atoms with van der Waals surface area (Å²) in [4.78, 5) is 26.2. The van der Waals surface area contributed by atoms with Gasteiger partial charge in [-0.05, 0) is 26.2 Å². The van der Waals surface area contributed by atoms with Crippen molar-refractivity contribution in [3.8, 4) is 0 Å². The van der Waals surface area contributed by atoms with Gasteiger partial charge in [0.2, 0.25) is 5.91 Å². The second-order valence-electron chi connectivity index (χ2n) is 9.28. The highest BCUT2D eigenvalue weighted by Crippen LogP contribution is 2.51. The molecule has 1 amide bonds. The number of aliphatic hydroxyl groups is 2. The van der Waals surface area contributed by atoms with Gasteiger partial charge in [0.05, 0.1) is 50.4 Å². The summed E-state index contributed by atoms with van der Waals surface area (Å²) < 4.78 is 0.583. The number of rotatable bonds is 9. The fourth-order valence-electron chi connectivity index (χ4n) is 4.78. The van der Waals surface area contributed by atoms with E-state index in [1.54, 1.807) is 18.7 Å². The summed E-state index contributed by atoms with van der Waals surface area (Å²) in [7, 11) is 4.00. The summed E-state index contributed by atoms with van der Waals surface area (Å²) in [6.07, 6.45) is 2.16. The van der Waals surface area contributed by atoms with Crippen molar-refractivity contribution < 1.29 is 29.4 Å². The predicted octanol–water partition coefficient (Wildman–Crippen LogP) is -0.924.